The number of imide groups is 2. The van der Waals surface area contributed by atoms with Crippen LogP contribution in [0, 0.1) is 11.7 Å². The van der Waals surface area contributed by atoms with Gasteiger partial charge < -0.3 is 5.32 Å². The van der Waals surface area contributed by atoms with Crippen LogP contribution in [0.1, 0.15) is 0 Å². The van der Waals surface area contributed by atoms with Crippen LogP contribution in [0.2, 0.25) is 0 Å². The van der Waals surface area contributed by atoms with Gasteiger partial charge in [-0.3, -0.25) is 24.8 Å². The molecule has 2 saturated heterocycles. The summed E-state index contributed by atoms with van der Waals surface area (Å²) in [5.41, 5.74) is -0.193. The van der Waals surface area contributed by atoms with E-state index >= 15 is 0 Å². The summed E-state index contributed by atoms with van der Waals surface area (Å²) in [5.74, 6) is -3.54. The first-order valence-corrected chi connectivity index (χ1v) is 8.44. The smallest absolute Gasteiger partial charge is 0.314 e. The predicted molar refractivity (Wildman–Crippen MR) is 93.6 cm³/mol. The van der Waals surface area contributed by atoms with E-state index in [4.69, 9.17) is 0 Å². The lowest BCUT2D eigenvalue weighted by Crippen LogP contribution is -2.59. The van der Waals surface area contributed by atoms with Crippen molar-refractivity contribution in [1.82, 2.24) is 15.5 Å². The van der Waals surface area contributed by atoms with Crippen molar-refractivity contribution in [3.63, 3.8) is 0 Å². The highest BCUT2D eigenvalue weighted by atomic mass is 19.1. The minimum Gasteiger partial charge on any atom is -0.314 e. The van der Waals surface area contributed by atoms with E-state index < -0.39 is 29.6 Å². The first kappa shape index (κ1) is 18.2. The van der Waals surface area contributed by atoms with Gasteiger partial charge in [0, 0.05) is 38.9 Å². The van der Waals surface area contributed by atoms with Gasteiger partial charge in [-0.1, -0.05) is 12.1 Å². The lowest BCUT2D eigenvalue weighted by Gasteiger charge is -2.28. The number of carbonyl (C=O) groups excluding carboxylic acids is 3. The van der Waals surface area contributed by atoms with Gasteiger partial charge in [-0.2, -0.15) is 0 Å². The summed E-state index contributed by atoms with van der Waals surface area (Å²) in [6.45, 7) is 4.85. The Morgan fingerprint density at radius 2 is 1.92 bits per heavy atom. The number of anilines is 1. The van der Waals surface area contributed by atoms with Crippen LogP contribution in [-0.4, -0.2) is 68.2 Å². The van der Waals surface area contributed by atoms with Gasteiger partial charge >= 0.3 is 6.03 Å². The number of hydrogen-bond donors (Lipinski definition) is 2. The van der Waals surface area contributed by atoms with Gasteiger partial charge in [0.15, 0.2) is 5.92 Å². The lowest BCUT2D eigenvalue weighted by molar-refractivity contribution is -0.131. The van der Waals surface area contributed by atoms with Crippen LogP contribution >= 0.6 is 0 Å². The average molecular weight is 361 g/mol. The standard InChI is InChI=1S/C17H20FN5O3/c18-13-3-1-2-4-14(13)23-16(25)12(15(24)21-17(23)26)11-20-7-10-22-8-5-19-6-9-22/h1-4,11-12,19H,5-10H2,(H,21,24,26)/t12-/m1/s1. The van der Waals surface area contributed by atoms with Gasteiger partial charge in [0.25, 0.3) is 5.91 Å². The number of urea groups is 1. The largest absolute Gasteiger partial charge is 0.335 e. The molecule has 9 heteroatoms. The van der Waals surface area contributed by atoms with Gasteiger partial charge in [-0.05, 0) is 12.1 Å². The van der Waals surface area contributed by atoms with Crippen molar-refractivity contribution >= 4 is 29.7 Å². The van der Waals surface area contributed by atoms with E-state index in [1.54, 1.807) is 0 Å². The number of aliphatic imine (C=N–C) groups is 1. The Morgan fingerprint density at radius 1 is 1.19 bits per heavy atom. The molecule has 26 heavy (non-hydrogen) atoms. The van der Waals surface area contributed by atoms with Crippen LogP contribution in [0.5, 0.6) is 0 Å². The lowest BCUT2D eigenvalue weighted by atomic mass is 10.1. The fourth-order valence-corrected chi connectivity index (χ4v) is 2.90. The molecule has 0 unspecified atom stereocenters. The maximum Gasteiger partial charge on any atom is 0.335 e. The summed E-state index contributed by atoms with van der Waals surface area (Å²) < 4.78 is 14.0. The maximum absolute atomic E-state index is 14.0. The predicted octanol–water partition coefficient (Wildman–Crippen LogP) is 0.000700. The van der Waals surface area contributed by atoms with Gasteiger partial charge in [-0.25, -0.2) is 14.1 Å². The molecule has 0 spiro atoms. The molecule has 1 aromatic rings. The van der Waals surface area contributed by atoms with E-state index in [1.807, 2.05) is 0 Å². The van der Waals surface area contributed by atoms with Gasteiger partial charge in [0.05, 0.1) is 12.2 Å². The summed E-state index contributed by atoms with van der Waals surface area (Å²) >= 11 is 0. The Balaban J connectivity index is 1.67. The summed E-state index contributed by atoms with van der Waals surface area (Å²) in [4.78, 5) is 43.6. The molecule has 0 saturated carbocycles. The number of benzene rings is 1. The summed E-state index contributed by atoms with van der Waals surface area (Å²) in [7, 11) is 0. The summed E-state index contributed by atoms with van der Waals surface area (Å²) in [5, 5.41) is 5.33. The van der Waals surface area contributed by atoms with Crippen LogP contribution < -0.4 is 15.5 Å². The topological polar surface area (TPSA) is 94.1 Å². The van der Waals surface area contributed by atoms with E-state index in [9.17, 15) is 18.8 Å². The number of carbonyl (C=O) groups is 3. The number of rotatable bonds is 5. The molecule has 138 valence electrons. The minimum absolute atomic E-state index is 0.193. The Morgan fingerprint density at radius 3 is 2.65 bits per heavy atom. The fraction of sp³-hybridized carbons (Fsp3) is 0.412. The third kappa shape index (κ3) is 3.94. The quantitative estimate of drug-likeness (QED) is 0.569. The molecule has 4 amide bonds. The third-order valence-electron chi connectivity index (χ3n) is 4.30. The highest BCUT2D eigenvalue weighted by Crippen LogP contribution is 2.23. The zero-order chi connectivity index (χ0) is 18.5. The van der Waals surface area contributed by atoms with Crippen molar-refractivity contribution in [3.05, 3.63) is 30.1 Å². The number of nitrogens with one attached hydrogen (secondary N) is 2. The third-order valence-corrected chi connectivity index (χ3v) is 4.30. The van der Waals surface area contributed by atoms with Crippen LogP contribution in [0.15, 0.2) is 29.3 Å². The van der Waals surface area contributed by atoms with E-state index in [2.05, 4.69) is 20.5 Å². The molecule has 2 heterocycles. The van der Waals surface area contributed by atoms with Gasteiger partial charge in [0.1, 0.15) is 5.82 Å². The van der Waals surface area contributed by atoms with Crippen molar-refractivity contribution in [2.45, 2.75) is 0 Å². The Bertz CT molecular complexity index is 733. The van der Waals surface area contributed by atoms with E-state index in [0.717, 1.165) is 38.8 Å². The van der Waals surface area contributed by atoms with Crippen molar-refractivity contribution < 1.29 is 18.8 Å². The van der Waals surface area contributed by atoms with Crippen molar-refractivity contribution in [3.8, 4) is 0 Å². The number of para-hydroxylation sites is 1. The number of hydrogen-bond acceptors (Lipinski definition) is 6. The molecule has 2 aliphatic heterocycles. The Hall–Kier alpha value is -2.65. The van der Waals surface area contributed by atoms with E-state index in [1.165, 1.54) is 24.4 Å². The highest BCUT2D eigenvalue weighted by Gasteiger charge is 2.41. The number of barbiturate groups is 1. The van der Waals surface area contributed by atoms with Crippen molar-refractivity contribution in [1.29, 1.82) is 0 Å². The van der Waals surface area contributed by atoms with Crippen molar-refractivity contribution in [2.75, 3.05) is 44.2 Å². The Kier molecular flexibility index (Phi) is 5.69. The molecule has 2 N–H and O–H groups in total. The molecule has 1 aromatic carbocycles. The second-order valence-electron chi connectivity index (χ2n) is 6.04. The molecule has 3 rings (SSSR count). The molecular weight excluding hydrogens is 341 g/mol. The minimum atomic E-state index is -1.25. The number of amides is 4. The average Bonchev–Trinajstić information content (AvgIpc) is 2.63. The second-order valence-corrected chi connectivity index (χ2v) is 6.04. The van der Waals surface area contributed by atoms with Crippen molar-refractivity contribution in [2.24, 2.45) is 10.9 Å². The first-order chi connectivity index (χ1) is 12.6. The van der Waals surface area contributed by atoms with Gasteiger partial charge in [0.2, 0.25) is 5.91 Å². The first-order valence-electron chi connectivity index (χ1n) is 8.44. The second kappa shape index (κ2) is 8.15. The highest BCUT2D eigenvalue weighted by molar-refractivity contribution is 6.32. The monoisotopic (exact) mass is 361 g/mol. The molecule has 0 radical (unpaired) electrons. The van der Waals surface area contributed by atoms with Crippen LogP contribution in [-0.2, 0) is 9.59 Å². The number of piperazine rings is 1. The van der Waals surface area contributed by atoms with E-state index in [0.29, 0.717) is 11.4 Å². The van der Waals surface area contributed by atoms with Crippen LogP contribution in [0.4, 0.5) is 14.9 Å². The zero-order valence-electron chi connectivity index (χ0n) is 14.2. The summed E-state index contributed by atoms with van der Waals surface area (Å²) in [6.07, 6.45) is 1.24. The van der Waals surface area contributed by atoms with Crippen LogP contribution in [0.3, 0.4) is 0 Å². The molecular formula is C17H20FN5O3. The molecule has 2 aliphatic rings. The molecule has 1 atom stereocenters. The number of halogens is 1. The zero-order valence-corrected chi connectivity index (χ0v) is 14.2. The molecule has 0 aromatic heterocycles. The number of nitrogens with zero attached hydrogens (tertiary/aromatic N) is 3. The molecule has 8 nitrogen and oxygen atoms in total. The van der Waals surface area contributed by atoms with E-state index in [-0.39, 0.29) is 5.69 Å². The Labute approximate surface area is 150 Å². The molecule has 0 bridgehead atoms. The molecule has 0 aliphatic carbocycles. The molecule has 2 fully saturated rings. The van der Waals surface area contributed by atoms with Crippen LogP contribution in [0.25, 0.3) is 0 Å². The van der Waals surface area contributed by atoms with Gasteiger partial charge in [-0.15, -0.1) is 0 Å². The fourth-order valence-electron chi connectivity index (χ4n) is 2.90. The SMILES string of the molecule is O=C1NC(=O)N(c2ccccc2F)C(=O)[C@@H]1C=NCCN1CCNCC1. The normalized spacial score (nSPS) is 22.1. The maximum atomic E-state index is 14.0. The summed E-state index contributed by atoms with van der Waals surface area (Å²) in [6, 6.07) is 4.44.